The van der Waals surface area contributed by atoms with Crippen LogP contribution in [0, 0.1) is 5.92 Å². The first-order valence-corrected chi connectivity index (χ1v) is 7.39. The van der Waals surface area contributed by atoms with E-state index in [0.29, 0.717) is 11.7 Å². The van der Waals surface area contributed by atoms with Gasteiger partial charge in [-0.1, -0.05) is 32.0 Å². The molecule has 0 bridgehead atoms. The Morgan fingerprint density at radius 3 is 2.68 bits per heavy atom. The van der Waals surface area contributed by atoms with Crippen LogP contribution in [0.5, 0.6) is 0 Å². The van der Waals surface area contributed by atoms with Crippen molar-refractivity contribution in [2.75, 3.05) is 0 Å². The molecule has 1 heterocycles. The Morgan fingerprint density at radius 1 is 1.26 bits per heavy atom. The maximum Gasteiger partial charge on any atom is 0.251 e. The Balaban J connectivity index is 2.08. The van der Waals surface area contributed by atoms with Gasteiger partial charge in [-0.25, -0.2) is 4.98 Å². The minimum absolute atomic E-state index is 0.0608. The normalized spacial score (nSPS) is 10.9. The highest BCUT2D eigenvalue weighted by atomic mass is 32.2. The zero-order chi connectivity index (χ0) is 13.7. The van der Waals surface area contributed by atoms with Gasteiger partial charge in [0.05, 0.1) is 5.75 Å². The molecule has 0 amide bonds. The summed E-state index contributed by atoms with van der Waals surface area (Å²) in [6.07, 6.45) is 0.840. The van der Waals surface area contributed by atoms with Crippen molar-refractivity contribution in [3.63, 3.8) is 0 Å². The van der Waals surface area contributed by atoms with Gasteiger partial charge in [0, 0.05) is 16.7 Å². The topological polar surface area (TPSA) is 45.8 Å². The van der Waals surface area contributed by atoms with Gasteiger partial charge in [-0.15, -0.1) is 11.8 Å². The van der Waals surface area contributed by atoms with Crippen LogP contribution in [0.25, 0.3) is 0 Å². The summed E-state index contributed by atoms with van der Waals surface area (Å²) in [5, 5.41) is 0. The number of hydrogen-bond acceptors (Lipinski definition) is 3. The Morgan fingerprint density at radius 2 is 2.00 bits per heavy atom. The van der Waals surface area contributed by atoms with Crippen molar-refractivity contribution in [3.05, 3.63) is 58.3 Å². The van der Waals surface area contributed by atoms with Gasteiger partial charge in [0.15, 0.2) is 0 Å². The molecule has 0 fully saturated rings. The predicted molar refractivity (Wildman–Crippen MR) is 79.4 cm³/mol. The molecule has 0 unspecified atom stereocenters. The number of rotatable bonds is 5. The van der Waals surface area contributed by atoms with Crippen molar-refractivity contribution in [1.82, 2.24) is 9.97 Å². The van der Waals surface area contributed by atoms with Crippen molar-refractivity contribution in [2.24, 2.45) is 5.92 Å². The van der Waals surface area contributed by atoms with E-state index in [-0.39, 0.29) is 5.56 Å². The number of aromatic nitrogens is 2. The molecule has 0 saturated heterocycles. The summed E-state index contributed by atoms with van der Waals surface area (Å²) in [4.78, 5) is 20.1. The summed E-state index contributed by atoms with van der Waals surface area (Å²) in [6.45, 7) is 4.25. The van der Waals surface area contributed by atoms with E-state index in [1.807, 2.05) is 18.2 Å². The van der Waals surface area contributed by atoms with Crippen LogP contribution < -0.4 is 5.56 Å². The van der Waals surface area contributed by atoms with Gasteiger partial charge >= 0.3 is 0 Å². The summed E-state index contributed by atoms with van der Waals surface area (Å²) in [6, 6.07) is 11.7. The van der Waals surface area contributed by atoms with Crippen LogP contribution >= 0.6 is 11.8 Å². The first-order valence-electron chi connectivity index (χ1n) is 6.40. The third-order valence-corrected chi connectivity index (χ3v) is 3.60. The van der Waals surface area contributed by atoms with Gasteiger partial charge in [0.1, 0.15) is 5.82 Å². The Labute approximate surface area is 117 Å². The Kier molecular flexibility index (Phi) is 4.80. The van der Waals surface area contributed by atoms with E-state index >= 15 is 0 Å². The SMILES string of the molecule is CC(C)Cc1cc(=O)[nH]c(CSc2ccccc2)n1. The number of benzene rings is 1. The van der Waals surface area contributed by atoms with E-state index in [1.165, 1.54) is 4.90 Å². The fourth-order valence-corrected chi connectivity index (χ4v) is 2.61. The van der Waals surface area contributed by atoms with Gasteiger partial charge in [-0.3, -0.25) is 4.79 Å². The summed E-state index contributed by atoms with van der Waals surface area (Å²) in [7, 11) is 0. The van der Waals surface area contributed by atoms with E-state index in [1.54, 1.807) is 17.8 Å². The largest absolute Gasteiger partial charge is 0.310 e. The second-order valence-electron chi connectivity index (χ2n) is 4.88. The molecule has 0 aliphatic rings. The Hall–Kier alpha value is -1.55. The van der Waals surface area contributed by atoms with Gasteiger partial charge in [-0.2, -0.15) is 0 Å². The molecule has 4 heteroatoms. The van der Waals surface area contributed by atoms with E-state index in [4.69, 9.17) is 0 Å². The smallest absolute Gasteiger partial charge is 0.251 e. The molecular formula is C15H18N2OS. The van der Waals surface area contributed by atoms with Gasteiger partial charge in [-0.05, 0) is 24.5 Å². The van der Waals surface area contributed by atoms with Crippen molar-refractivity contribution >= 4 is 11.8 Å². The number of thioether (sulfide) groups is 1. The molecule has 0 atom stereocenters. The van der Waals surface area contributed by atoms with E-state index < -0.39 is 0 Å². The van der Waals surface area contributed by atoms with Gasteiger partial charge in [0.25, 0.3) is 5.56 Å². The number of H-pyrrole nitrogens is 1. The average molecular weight is 274 g/mol. The first kappa shape index (κ1) is 13.9. The summed E-state index contributed by atoms with van der Waals surface area (Å²) < 4.78 is 0. The molecule has 1 N–H and O–H groups in total. The minimum atomic E-state index is -0.0608. The number of aromatic amines is 1. The van der Waals surface area contributed by atoms with Crippen LogP contribution in [-0.2, 0) is 12.2 Å². The van der Waals surface area contributed by atoms with Crippen LogP contribution in [0.4, 0.5) is 0 Å². The number of hydrogen-bond donors (Lipinski definition) is 1. The maximum absolute atomic E-state index is 11.6. The molecule has 19 heavy (non-hydrogen) atoms. The fraction of sp³-hybridized carbons (Fsp3) is 0.333. The second-order valence-corrected chi connectivity index (χ2v) is 5.93. The predicted octanol–water partition coefficient (Wildman–Crippen LogP) is 3.26. The van der Waals surface area contributed by atoms with Crippen LogP contribution in [0.1, 0.15) is 25.4 Å². The second kappa shape index (κ2) is 6.57. The molecule has 2 aromatic rings. The van der Waals surface area contributed by atoms with Gasteiger partial charge < -0.3 is 4.98 Å². The molecule has 1 aromatic carbocycles. The molecule has 0 saturated carbocycles. The molecule has 100 valence electrons. The third kappa shape index (κ3) is 4.56. The molecule has 0 radical (unpaired) electrons. The summed E-state index contributed by atoms with van der Waals surface area (Å²) in [5.74, 6) is 1.94. The van der Waals surface area contributed by atoms with Crippen LogP contribution in [0.3, 0.4) is 0 Å². The van der Waals surface area contributed by atoms with E-state index in [9.17, 15) is 4.79 Å². The quantitative estimate of drug-likeness (QED) is 0.851. The zero-order valence-electron chi connectivity index (χ0n) is 11.2. The van der Waals surface area contributed by atoms with Gasteiger partial charge in [0.2, 0.25) is 0 Å². The molecular weight excluding hydrogens is 256 g/mol. The molecule has 1 aromatic heterocycles. The lowest BCUT2D eigenvalue weighted by molar-refractivity contribution is 0.630. The highest BCUT2D eigenvalue weighted by Gasteiger charge is 2.04. The summed E-state index contributed by atoms with van der Waals surface area (Å²) >= 11 is 1.68. The monoisotopic (exact) mass is 274 g/mol. The molecule has 0 aliphatic heterocycles. The van der Waals surface area contributed by atoms with Crippen LogP contribution in [-0.4, -0.2) is 9.97 Å². The highest BCUT2D eigenvalue weighted by molar-refractivity contribution is 7.98. The van der Waals surface area contributed by atoms with Crippen molar-refractivity contribution in [2.45, 2.75) is 30.9 Å². The Bertz CT molecular complexity index is 578. The lowest BCUT2D eigenvalue weighted by Gasteiger charge is -2.06. The van der Waals surface area contributed by atoms with E-state index in [0.717, 1.165) is 17.9 Å². The number of nitrogens with one attached hydrogen (secondary N) is 1. The molecule has 0 aliphatic carbocycles. The van der Waals surface area contributed by atoms with E-state index in [2.05, 4.69) is 35.9 Å². The fourth-order valence-electron chi connectivity index (χ4n) is 1.82. The zero-order valence-corrected chi connectivity index (χ0v) is 12.0. The minimum Gasteiger partial charge on any atom is -0.310 e. The lowest BCUT2D eigenvalue weighted by Crippen LogP contribution is -2.13. The standard InChI is InChI=1S/C15H18N2OS/c1-11(2)8-12-9-15(18)17-14(16-12)10-19-13-6-4-3-5-7-13/h3-7,9,11H,8,10H2,1-2H3,(H,16,17,18). The summed E-state index contributed by atoms with van der Waals surface area (Å²) in [5.41, 5.74) is 0.816. The molecule has 3 nitrogen and oxygen atoms in total. The molecule has 2 rings (SSSR count). The van der Waals surface area contributed by atoms with Crippen LogP contribution in [0.2, 0.25) is 0 Å². The number of nitrogens with zero attached hydrogens (tertiary/aromatic N) is 1. The van der Waals surface area contributed by atoms with Crippen molar-refractivity contribution in [3.8, 4) is 0 Å². The van der Waals surface area contributed by atoms with Crippen molar-refractivity contribution < 1.29 is 0 Å². The maximum atomic E-state index is 11.6. The van der Waals surface area contributed by atoms with Crippen LogP contribution in [0.15, 0.2) is 46.1 Å². The first-order chi connectivity index (χ1) is 9.13. The average Bonchev–Trinajstić information content (AvgIpc) is 2.36. The molecule has 0 spiro atoms. The van der Waals surface area contributed by atoms with Crippen molar-refractivity contribution in [1.29, 1.82) is 0 Å². The lowest BCUT2D eigenvalue weighted by atomic mass is 10.1. The highest BCUT2D eigenvalue weighted by Crippen LogP contribution is 2.20. The third-order valence-electron chi connectivity index (χ3n) is 2.58.